The summed E-state index contributed by atoms with van der Waals surface area (Å²) in [6.07, 6.45) is 2.81. The Kier molecular flexibility index (Phi) is 4.99. The standard InChI is InChI=1S/C12H15BrFN/c1-3-4-7-15-9(2)10-5-6-12(14)11(13)8-10/h3,5-6,8-9,15H,1,4,7H2,2H3. The van der Waals surface area contributed by atoms with Gasteiger partial charge in [0.05, 0.1) is 4.47 Å². The van der Waals surface area contributed by atoms with Crippen LogP contribution in [0.5, 0.6) is 0 Å². The van der Waals surface area contributed by atoms with Gasteiger partial charge in [0.2, 0.25) is 0 Å². The molecule has 0 radical (unpaired) electrons. The first-order chi connectivity index (χ1) is 7.15. The van der Waals surface area contributed by atoms with Gasteiger partial charge in [-0.05, 0) is 53.5 Å². The molecule has 0 aromatic heterocycles. The van der Waals surface area contributed by atoms with Crippen LogP contribution >= 0.6 is 15.9 Å². The fraction of sp³-hybridized carbons (Fsp3) is 0.333. The molecule has 0 heterocycles. The topological polar surface area (TPSA) is 12.0 Å². The van der Waals surface area contributed by atoms with E-state index in [0.717, 1.165) is 18.5 Å². The normalized spacial score (nSPS) is 12.5. The summed E-state index contributed by atoms with van der Waals surface area (Å²) in [5.41, 5.74) is 1.08. The molecule has 0 aliphatic rings. The highest BCUT2D eigenvalue weighted by Crippen LogP contribution is 2.21. The number of hydrogen-bond acceptors (Lipinski definition) is 1. The Bertz CT molecular complexity index is 338. The average Bonchev–Trinajstić information content (AvgIpc) is 2.22. The Labute approximate surface area is 98.5 Å². The van der Waals surface area contributed by atoms with E-state index in [1.54, 1.807) is 12.1 Å². The van der Waals surface area contributed by atoms with Crippen molar-refractivity contribution < 1.29 is 4.39 Å². The van der Waals surface area contributed by atoms with Gasteiger partial charge in [0.15, 0.2) is 0 Å². The highest BCUT2D eigenvalue weighted by molar-refractivity contribution is 9.10. The summed E-state index contributed by atoms with van der Waals surface area (Å²) in [5.74, 6) is -0.225. The summed E-state index contributed by atoms with van der Waals surface area (Å²) in [7, 11) is 0. The maximum atomic E-state index is 13.0. The molecular formula is C12H15BrFN. The van der Waals surface area contributed by atoms with Crippen LogP contribution < -0.4 is 5.32 Å². The molecule has 1 aromatic carbocycles. The van der Waals surface area contributed by atoms with Gasteiger partial charge in [-0.1, -0.05) is 12.1 Å². The molecule has 0 saturated heterocycles. The first kappa shape index (κ1) is 12.4. The van der Waals surface area contributed by atoms with Crippen molar-refractivity contribution in [2.24, 2.45) is 0 Å². The second kappa shape index (κ2) is 6.03. The van der Waals surface area contributed by atoms with Crippen molar-refractivity contribution >= 4 is 15.9 Å². The van der Waals surface area contributed by atoms with Crippen LogP contribution in [0.25, 0.3) is 0 Å². The number of nitrogens with one attached hydrogen (secondary N) is 1. The van der Waals surface area contributed by atoms with E-state index in [1.165, 1.54) is 6.07 Å². The van der Waals surface area contributed by atoms with Gasteiger partial charge >= 0.3 is 0 Å². The lowest BCUT2D eigenvalue weighted by Gasteiger charge is -2.13. The van der Waals surface area contributed by atoms with Crippen molar-refractivity contribution in [2.75, 3.05) is 6.54 Å². The maximum Gasteiger partial charge on any atom is 0.137 e. The number of hydrogen-bond donors (Lipinski definition) is 1. The summed E-state index contributed by atoms with van der Waals surface area (Å²) in [5, 5.41) is 3.33. The van der Waals surface area contributed by atoms with Crippen molar-refractivity contribution in [2.45, 2.75) is 19.4 Å². The molecule has 1 unspecified atom stereocenters. The van der Waals surface area contributed by atoms with Crippen molar-refractivity contribution in [3.63, 3.8) is 0 Å². The van der Waals surface area contributed by atoms with Crippen LogP contribution in [0.15, 0.2) is 35.3 Å². The third-order valence-corrected chi connectivity index (χ3v) is 2.85. The molecule has 0 aliphatic carbocycles. The van der Waals surface area contributed by atoms with Gasteiger partial charge < -0.3 is 5.32 Å². The summed E-state index contributed by atoms with van der Waals surface area (Å²) in [4.78, 5) is 0. The zero-order chi connectivity index (χ0) is 11.3. The third kappa shape index (κ3) is 3.76. The Morgan fingerprint density at radius 1 is 1.60 bits per heavy atom. The molecule has 0 aliphatic heterocycles. The first-order valence-electron chi connectivity index (χ1n) is 4.94. The monoisotopic (exact) mass is 271 g/mol. The van der Waals surface area contributed by atoms with Crippen molar-refractivity contribution in [1.29, 1.82) is 0 Å². The smallest absolute Gasteiger partial charge is 0.137 e. The number of halogens is 2. The second-order valence-corrected chi connectivity index (χ2v) is 4.28. The lowest BCUT2D eigenvalue weighted by atomic mass is 10.1. The lowest BCUT2D eigenvalue weighted by Crippen LogP contribution is -2.19. The molecule has 0 saturated carbocycles. The Morgan fingerprint density at radius 3 is 2.93 bits per heavy atom. The molecule has 82 valence electrons. The third-order valence-electron chi connectivity index (χ3n) is 2.24. The summed E-state index contributed by atoms with van der Waals surface area (Å²) in [6.45, 7) is 6.61. The Hall–Kier alpha value is -0.670. The van der Waals surface area contributed by atoms with Crippen molar-refractivity contribution in [3.05, 3.63) is 46.7 Å². The molecule has 0 bridgehead atoms. The van der Waals surface area contributed by atoms with E-state index in [9.17, 15) is 4.39 Å². The van der Waals surface area contributed by atoms with E-state index in [1.807, 2.05) is 6.08 Å². The van der Waals surface area contributed by atoms with E-state index < -0.39 is 0 Å². The minimum Gasteiger partial charge on any atom is -0.310 e. The minimum absolute atomic E-state index is 0.224. The van der Waals surface area contributed by atoms with E-state index in [2.05, 4.69) is 34.7 Å². The van der Waals surface area contributed by atoms with Crippen LogP contribution in [0.1, 0.15) is 24.9 Å². The zero-order valence-electron chi connectivity index (χ0n) is 8.76. The molecule has 1 aromatic rings. The van der Waals surface area contributed by atoms with E-state index in [-0.39, 0.29) is 11.9 Å². The fourth-order valence-corrected chi connectivity index (χ4v) is 1.70. The minimum atomic E-state index is -0.225. The van der Waals surface area contributed by atoms with Crippen LogP contribution in [0.3, 0.4) is 0 Å². The predicted molar refractivity (Wildman–Crippen MR) is 65.3 cm³/mol. The van der Waals surface area contributed by atoms with Crippen LogP contribution in [-0.2, 0) is 0 Å². The van der Waals surface area contributed by atoms with Gasteiger partial charge in [-0.15, -0.1) is 6.58 Å². The fourth-order valence-electron chi connectivity index (χ4n) is 1.30. The molecule has 15 heavy (non-hydrogen) atoms. The van der Waals surface area contributed by atoms with Crippen LogP contribution in [-0.4, -0.2) is 6.54 Å². The molecular weight excluding hydrogens is 257 g/mol. The van der Waals surface area contributed by atoms with Crippen LogP contribution in [0.4, 0.5) is 4.39 Å². The van der Waals surface area contributed by atoms with E-state index in [4.69, 9.17) is 0 Å². The van der Waals surface area contributed by atoms with Gasteiger partial charge in [-0.2, -0.15) is 0 Å². The van der Waals surface area contributed by atoms with E-state index in [0.29, 0.717) is 4.47 Å². The van der Waals surface area contributed by atoms with Crippen molar-refractivity contribution in [3.8, 4) is 0 Å². The highest BCUT2D eigenvalue weighted by atomic mass is 79.9. The van der Waals surface area contributed by atoms with Crippen LogP contribution in [0.2, 0.25) is 0 Å². The molecule has 1 atom stereocenters. The molecule has 0 amide bonds. The molecule has 0 fully saturated rings. The number of rotatable bonds is 5. The quantitative estimate of drug-likeness (QED) is 0.634. The Balaban J connectivity index is 2.61. The molecule has 1 nitrogen and oxygen atoms in total. The summed E-state index contributed by atoms with van der Waals surface area (Å²) >= 11 is 3.18. The Morgan fingerprint density at radius 2 is 2.33 bits per heavy atom. The maximum absolute atomic E-state index is 13.0. The van der Waals surface area contributed by atoms with Gasteiger partial charge in [-0.3, -0.25) is 0 Å². The highest BCUT2D eigenvalue weighted by Gasteiger charge is 2.06. The van der Waals surface area contributed by atoms with Gasteiger partial charge in [0.1, 0.15) is 5.82 Å². The van der Waals surface area contributed by atoms with Crippen LogP contribution in [0, 0.1) is 5.82 Å². The molecule has 3 heteroatoms. The van der Waals surface area contributed by atoms with Gasteiger partial charge in [-0.25, -0.2) is 4.39 Å². The molecule has 1 N–H and O–H groups in total. The van der Waals surface area contributed by atoms with Gasteiger partial charge in [0.25, 0.3) is 0 Å². The van der Waals surface area contributed by atoms with Crippen molar-refractivity contribution in [1.82, 2.24) is 5.32 Å². The SMILES string of the molecule is C=CCCNC(C)c1ccc(F)c(Br)c1. The second-order valence-electron chi connectivity index (χ2n) is 3.43. The first-order valence-corrected chi connectivity index (χ1v) is 5.73. The number of benzene rings is 1. The molecule has 1 rings (SSSR count). The predicted octanol–water partition coefficient (Wildman–Crippen LogP) is 3.81. The average molecular weight is 272 g/mol. The largest absolute Gasteiger partial charge is 0.310 e. The zero-order valence-corrected chi connectivity index (χ0v) is 10.3. The lowest BCUT2D eigenvalue weighted by molar-refractivity contribution is 0.576. The summed E-state index contributed by atoms with van der Waals surface area (Å²) in [6, 6.07) is 5.30. The molecule has 0 spiro atoms. The van der Waals surface area contributed by atoms with E-state index >= 15 is 0 Å². The summed E-state index contributed by atoms with van der Waals surface area (Å²) < 4.78 is 13.5. The van der Waals surface area contributed by atoms with Gasteiger partial charge in [0, 0.05) is 6.04 Å².